The van der Waals surface area contributed by atoms with Gasteiger partial charge in [0.2, 0.25) is 5.91 Å². The summed E-state index contributed by atoms with van der Waals surface area (Å²) in [6, 6.07) is 10.2. The van der Waals surface area contributed by atoms with Gasteiger partial charge in [0.05, 0.1) is 12.0 Å². The minimum Gasteiger partial charge on any atom is -0.459 e. The summed E-state index contributed by atoms with van der Waals surface area (Å²) in [4.78, 5) is 23.9. The van der Waals surface area contributed by atoms with Crippen LogP contribution in [0.4, 0.5) is 5.69 Å². The van der Waals surface area contributed by atoms with E-state index in [0.717, 1.165) is 11.8 Å². The van der Waals surface area contributed by atoms with Crippen molar-refractivity contribution < 1.29 is 18.4 Å². The standard InChI is InChI=1S/C18H17N3O4S/c1-11(2)16(23)19-13-7-5-12(6-8-13)14(22)10-26-18-21-20-17(25-18)15-4-3-9-24-15/h3-9,11H,10H2,1-2H3,(H,19,23). The summed E-state index contributed by atoms with van der Waals surface area (Å²) in [5.74, 6) is 0.674. The number of hydrogen-bond acceptors (Lipinski definition) is 7. The van der Waals surface area contributed by atoms with Crippen molar-refractivity contribution >= 4 is 29.1 Å². The molecule has 1 N–H and O–H groups in total. The fourth-order valence-electron chi connectivity index (χ4n) is 2.00. The molecule has 0 fully saturated rings. The lowest BCUT2D eigenvalue weighted by molar-refractivity contribution is -0.118. The summed E-state index contributed by atoms with van der Waals surface area (Å²) in [6.07, 6.45) is 1.52. The van der Waals surface area contributed by atoms with E-state index in [0.29, 0.717) is 22.2 Å². The highest BCUT2D eigenvalue weighted by molar-refractivity contribution is 7.99. The van der Waals surface area contributed by atoms with E-state index in [1.165, 1.54) is 6.26 Å². The van der Waals surface area contributed by atoms with E-state index in [-0.39, 0.29) is 29.3 Å². The van der Waals surface area contributed by atoms with E-state index < -0.39 is 0 Å². The normalized spacial score (nSPS) is 10.9. The highest BCUT2D eigenvalue weighted by atomic mass is 32.2. The van der Waals surface area contributed by atoms with Crippen LogP contribution in [0.15, 0.2) is 56.7 Å². The van der Waals surface area contributed by atoms with Crippen LogP contribution in [-0.4, -0.2) is 27.6 Å². The van der Waals surface area contributed by atoms with Crippen molar-refractivity contribution in [2.24, 2.45) is 5.92 Å². The van der Waals surface area contributed by atoms with Crippen molar-refractivity contribution in [3.8, 4) is 11.7 Å². The third kappa shape index (κ3) is 4.40. The number of ketones is 1. The fraction of sp³-hybridized carbons (Fsp3) is 0.222. The Kier molecular flexibility index (Phi) is 5.52. The van der Waals surface area contributed by atoms with Gasteiger partial charge in [-0.1, -0.05) is 25.6 Å². The first-order valence-corrected chi connectivity index (χ1v) is 8.96. The zero-order chi connectivity index (χ0) is 18.5. The molecule has 8 heteroatoms. The van der Waals surface area contributed by atoms with Crippen molar-refractivity contribution in [3.05, 3.63) is 48.2 Å². The number of amides is 1. The molecule has 2 heterocycles. The summed E-state index contributed by atoms with van der Waals surface area (Å²) in [7, 11) is 0. The van der Waals surface area contributed by atoms with Gasteiger partial charge in [-0.3, -0.25) is 9.59 Å². The van der Waals surface area contributed by atoms with E-state index >= 15 is 0 Å². The minimum absolute atomic E-state index is 0.0663. The van der Waals surface area contributed by atoms with Crippen LogP contribution in [0.25, 0.3) is 11.7 Å². The molecule has 0 atom stereocenters. The second-order valence-corrected chi connectivity index (χ2v) is 6.71. The molecule has 2 aromatic heterocycles. The maximum atomic E-state index is 12.3. The average Bonchev–Trinajstić information content (AvgIpc) is 3.31. The average molecular weight is 371 g/mol. The van der Waals surface area contributed by atoms with Crippen molar-refractivity contribution in [1.29, 1.82) is 0 Å². The number of hydrogen-bond donors (Lipinski definition) is 1. The van der Waals surface area contributed by atoms with E-state index in [4.69, 9.17) is 8.83 Å². The molecule has 0 bridgehead atoms. The number of Topliss-reactive ketones (excluding diaryl/α,β-unsaturated/α-hetero) is 1. The predicted molar refractivity (Wildman–Crippen MR) is 97.0 cm³/mol. The lowest BCUT2D eigenvalue weighted by Gasteiger charge is -2.08. The number of thioether (sulfide) groups is 1. The van der Waals surface area contributed by atoms with Crippen LogP contribution in [0.1, 0.15) is 24.2 Å². The topological polar surface area (TPSA) is 98.2 Å². The van der Waals surface area contributed by atoms with Crippen molar-refractivity contribution in [2.75, 3.05) is 11.1 Å². The number of aromatic nitrogens is 2. The molecule has 0 aliphatic carbocycles. The minimum atomic E-state index is -0.104. The first-order chi connectivity index (χ1) is 12.5. The van der Waals surface area contributed by atoms with Crippen LogP contribution in [0.5, 0.6) is 0 Å². The summed E-state index contributed by atoms with van der Waals surface area (Å²) in [5.41, 5.74) is 1.21. The van der Waals surface area contributed by atoms with Gasteiger partial charge in [0, 0.05) is 17.2 Å². The van der Waals surface area contributed by atoms with E-state index in [1.54, 1.807) is 36.4 Å². The number of carbonyl (C=O) groups is 2. The number of nitrogens with one attached hydrogen (secondary N) is 1. The molecule has 0 aliphatic heterocycles. The Morgan fingerprint density at radius 2 is 1.92 bits per heavy atom. The molecule has 1 amide bonds. The van der Waals surface area contributed by atoms with Crippen molar-refractivity contribution in [2.45, 2.75) is 19.1 Å². The largest absolute Gasteiger partial charge is 0.459 e. The number of benzene rings is 1. The fourth-order valence-corrected chi connectivity index (χ4v) is 2.66. The summed E-state index contributed by atoms with van der Waals surface area (Å²) >= 11 is 1.16. The van der Waals surface area contributed by atoms with Crippen molar-refractivity contribution in [1.82, 2.24) is 10.2 Å². The van der Waals surface area contributed by atoms with E-state index in [9.17, 15) is 9.59 Å². The van der Waals surface area contributed by atoms with Gasteiger partial charge in [0.15, 0.2) is 11.5 Å². The van der Waals surface area contributed by atoms with Crippen LogP contribution in [0.2, 0.25) is 0 Å². The quantitative estimate of drug-likeness (QED) is 0.497. The third-order valence-corrected chi connectivity index (χ3v) is 4.28. The number of anilines is 1. The van der Waals surface area contributed by atoms with Crippen molar-refractivity contribution in [3.63, 3.8) is 0 Å². The first-order valence-electron chi connectivity index (χ1n) is 7.97. The summed E-state index contributed by atoms with van der Waals surface area (Å²) in [5, 5.41) is 10.8. The van der Waals surface area contributed by atoms with Gasteiger partial charge in [0.25, 0.3) is 11.1 Å². The van der Waals surface area contributed by atoms with Gasteiger partial charge >= 0.3 is 0 Å². The molecule has 0 saturated heterocycles. The molecule has 1 aromatic carbocycles. The monoisotopic (exact) mass is 371 g/mol. The molecule has 0 aliphatic rings. The molecule has 3 aromatic rings. The Morgan fingerprint density at radius 1 is 1.15 bits per heavy atom. The Bertz CT molecular complexity index is 886. The molecule has 26 heavy (non-hydrogen) atoms. The maximum Gasteiger partial charge on any atom is 0.284 e. The van der Waals surface area contributed by atoms with E-state index in [1.807, 2.05) is 13.8 Å². The highest BCUT2D eigenvalue weighted by Crippen LogP contribution is 2.24. The van der Waals surface area contributed by atoms with Crippen LogP contribution in [0, 0.1) is 5.92 Å². The zero-order valence-corrected chi connectivity index (χ0v) is 15.1. The van der Waals surface area contributed by atoms with Gasteiger partial charge < -0.3 is 14.2 Å². The first kappa shape index (κ1) is 17.9. The lowest BCUT2D eigenvalue weighted by Crippen LogP contribution is -2.17. The summed E-state index contributed by atoms with van der Waals surface area (Å²) in [6.45, 7) is 3.64. The van der Waals surface area contributed by atoms with Gasteiger partial charge in [-0.05, 0) is 36.4 Å². The summed E-state index contributed by atoms with van der Waals surface area (Å²) < 4.78 is 10.6. The Labute approximate surface area is 154 Å². The molecule has 3 rings (SSSR count). The predicted octanol–water partition coefficient (Wildman–Crippen LogP) is 3.90. The Morgan fingerprint density at radius 3 is 2.58 bits per heavy atom. The highest BCUT2D eigenvalue weighted by Gasteiger charge is 2.14. The second kappa shape index (κ2) is 8.01. The molecular formula is C18H17N3O4S. The van der Waals surface area contributed by atoms with E-state index in [2.05, 4.69) is 15.5 Å². The van der Waals surface area contributed by atoms with Crippen LogP contribution >= 0.6 is 11.8 Å². The maximum absolute atomic E-state index is 12.3. The molecule has 0 saturated carbocycles. The molecule has 7 nitrogen and oxygen atoms in total. The Balaban J connectivity index is 1.56. The third-order valence-electron chi connectivity index (χ3n) is 3.46. The SMILES string of the molecule is CC(C)C(=O)Nc1ccc(C(=O)CSc2nnc(-c3ccco3)o2)cc1. The lowest BCUT2D eigenvalue weighted by atomic mass is 10.1. The molecular weight excluding hydrogens is 354 g/mol. The second-order valence-electron chi connectivity index (χ2n) is 5.78. The van der Waals surface area contributed by atoms with Gasteiger partial charge in [0.1, 0.15) is 0 Å². The van der Waals surface area contributed by atoms with Crippen LogP contribution in [0.3, 0.4) is 0 Å². The number of rotatable bonds is 7. The van der Waals surface area contributed by atoms with Gasteiger partial charge in [-0.2, -0.15) is 0 Å². The van der Waals surface area contributed by atoms with Gasteiger partial charge in [-0.15, -0.1) is 10.2 Å². The molecule has 0 radical (unpaired) electrons. The molecule has 0 spiro atoms. The number of furan rings is 1. The van der Waals surface area contributed by atoms with Crippen LogP contribution in [-0.2, 0) is 4.79 Å². The Hall–Kier alpha value is -2.87. The number of carbonyl (C=O) groups excluding carboxylic acids is 2. The smallest absolute Gasteiger partial charge is 0.284 e. The molecule has 0 unspecified atom stereocenters. The molecule has 134 valence electrons. The van der Waals surface area contributed by atoms with Crippen LogP contribution < -0.4 is 5.32 Å². The van der Waals surface area contributed by atoms with Gasteiger partial charge in [-0.25, -0.2) is 0 Å². The number of nitrogens with zero attached hydrogens (tertiary/aromatic N) is 2. The zero-order valence-electron chi connectivity index (χ0n) is 14.3.